The van der Waals surface area contributed by atoms with Crippen molar-refractivity contribution in [1.82, 2.24) is 4.90 Å². The molecule has 6 nitrogen and oxygen atoms in total. The van der Waals surface area contributed by atoms with Crippen molar-refractivity contribution < 1.29 is 23.8 Å². The highest BCUT2D eigenvalue weighted by molar-refractivity contribution is 5.88. The minimum atomic E-state index is -0.656. The van der Waals surface area contributed by atoms with Gasteiger partial charge in [-0.3, -0.25) is 4.79 Å². The highest BCUT2D eigenvalue weighted by Gasteiger charge is 2.26. The first-order chi connectivity index (χ1) is 9.56. The van der Waals surface area contributed by atoms with E-state index in [2.05, 4.69) is 13.8 Å². The van der Waals surface area contributed by atoms with Gasteiger partial charge in [-0.05, 0) is 18.3 Å². The van der Waals surface area contributed by atoms with Gasteiger partial charge in [-0.1, -0.05) is 13.8 Å². The van der Waals surface area contributed by atoms with E-state index >= 15 is 0 Å². The van der Waals surface area contributed by atoms with Gasteiger partial charge in [0.15, 0.2) is 6.61 Å². The lowest BCUT2D eigenvalue weighted by Crippen LogP contribution is -2.44. The number of carbonyl (C=O) groups is 2. The molecule has 0 N–H and O–H groups in total. The average molecular weight is 283 g/mol. The van der Waals surface area contributed by atoms with Gasteiger partial charge in [0.2, 0.25) is 5.76 Å². The summed E-state index contributed by atoms with van der Waals surface area (Å²) >= 11 is 0. The molecule has 2 aliphatic heterocycles. The number of ether oxygens (including phenoxy) is 3. The minimum Gasteiger partial charge on any atom is -0.493 e. The third-order valence-corrected chi connectivity index (χ3v) is 3.40. The van der Waals surface area contributed by atoms with Crippen LogP contribution in [0.2, 0.25) is 0 Å². The number of amides is 1. The molecule has 0 aliphatic carbocycles. The van der Waals surface area contributed by atoms with Crippen LogP contribution in [0.4, 0.5) is 0 Å². The molecule has 0 radical (unpaired) electrons. The summed E-state index contributed by atoms with van der Waals surface area (Å²) in [7, 11) is 0. The largest absolute Gasteiger partial charge is 0.493 e. The van der Waals surface area contributed by atoms with Crippen molar-refractivity contribution in [3.05, 3.63) is 12.0 Å². The van der Waals surface area contributed by atoms with Gasteiger partial charge in [-0.25, -0.2) is 4.79 Å². The molecular formula is C14H21NO5. The lowest BCUT2D eigenvalue weighted by Gasteiger charge is -2.34. The van der Waals surface area contributed by atoms with Crippen LogP contribution in [0.5, 0.6) is 0 Å². The number of rotatable bonds is 3. The number of piperidine rings is 1. The third kappa shape index (κ3) is 3.88. The van der Waals surface area contributed by atoms with Crippen molar-refractivity contribution in [2.45, 2.75) is 20.3 Å². The number of esters is 1. The van der Waals surface area contributed by atoms with Gasteiger partial charge in [0.05, 0.1) is 0 Å². The predicted octanol–water partition coefficient (Wildman–Crippen LogP) is 0.922. The highest BCUT2D eigenvalue weighted by Crippen LogP contribution is 2.21. The molecule has 112 valence electrons. The fraction of sp³-hybridized carbons (Fsp3) is 0.714. The number of hydrogen-bond donors (Lipinski definition) is 0. The van der Waals surface area contributed by atoms with Crippen LogP contribution < -0.4 is 0 Å². The van der Waals surface area contributed by atoms with Crippen molar-refractivity contribution in [2.24, 2.45) is 11.8 Å². The molecule has 0 aromatic heterocycles. The average Bonchev–Trinajstić information content (AvgIpc) is 2.44. The first-order valence-corrected chi connectivity index (χ1v) is 6.95. The van der Waals surface area contributed by atoms with Crippen molar-refractivity contribution in [3.8, 4) is 0 Å². The Bertz CT molecular complexity index is 396. The summed E-state index contributed by atoms with van der Waals surface area (Å²) in [5.41, 5.74) is 0. The second kappa shape index (κ2) is 6.63. The Kier molecular flexibility index (Phi) is 4.87. The molecule has 0 bridgehead atoms. The van der Waals surface area contributed by atoms with Gasteiger partial charge in [-0.15, -0.1) is 0 Å². The molecule has 1 amide bonds. The monoisotopic (exact) mass is 283 g/mol. The molecule has 2 rings (SSSR count). The van der Waals surface area contributed by atoms with Crippen LogP contribution in [-0.4, -0.2) is 49.7 Å². The molecule has 1 saturated heterocycles. The van der Waals surface area contributed by atoms with E-state index in [1.807, 2.05) is 0 Å². The molecular weight excluding hydrogens is 262 g/mol. The Hall–Kier alpha value is -1.72. The topological polar surface area (TPSA) is 65.1 Å². The van der Waals surface area contributed by atoms with Gasteiger partial charge in [0, 0.05) is 13.1 Å². The molecule has 2 unspecified atom stereocenters. The van der Waals surface area contributed by atoms with Gasteiger partial charge in [0.25, 0.3) is 5.91 Å². The Labute approximate surface area is 118 Å². The van der Waals surface area contributed by atoms with E-state index in [0.29, 0.717) is 25.0 Å². The Morgan fingerprint density at radius 2 is 2.00 bits per heavy atom. The quantitative estimate of drug-likeness (QED) is 0.721. The van der Waals surface area contributed by atoms with E-state index < -0.39 is 5.97 Å². The first kappa shape index (κ1) is 14.7. The lowest BCUT2D eigenvalue weighted by atomic mass is 9.92. The summed E-state index contributed by atoms with van der Waals surface area (Å²) < 4.78 is 15.0. The van der Waals surface area contributed by atoms with Crippen molar-refractivity contribution >= 4 is 11.9 Å². The summed E-state index contributed by atoms with van der Waals surface area (Å²) in [4.78, 5) is 25.4. The first-order valence-electron chi connectivity index (χ1n) is 6.95. The highest BCUT2D eigenvalue weighted by atomic mass is 16.6. The van der Waals surface area contributed by atoms with Crippen LogP contribution in [0.25, 0.3) is 0 Å². The zero-order valence-corrected chi connectivity index (χ0v) is 12.0. The summed E-state index contributed by atoms with van der Waals surface area (Å²) in [5.74, 6) is 0.169. The maximum Gasteiger partial charge on any atom is 0.377 e. The van der Waals surface area contributed by atoms with Gasteiger partial charge >= 0.3 is 5.97 Å². The molecule has 0 aromatic rings. The van der Waals surface area contributed by atoms with Crippen LogP contribution in [0.3, 0.4) is 0 Å². The standard InChI is InChI=1S/C14H21NO5/c1-10-5-11(2)7-15(6-10)13(16)9-20-14(17)12-8-18-3-4-19-12/h8,10-11H,3-7,9H2,1-2H3. The van der Waals surface area contributed by atoms with Crippen molar-refractivity contribution in [3.63, 3.8) is 0 Å². The normalized spacial score (nSPS) is 26.1. The fourth-order valence-corrected chi connectivity index (χ4v) is 2.63. The fourth-order valence-electron chi connectivity index (χ4n) is 2.63. The number of nitrogens with zero attached hydrogens (tertiary/aromatic N) is 1. The molecule has 0 spiro atoms. The molecule has 0 saturated carbocycles. The zero-order valence-electron chi connectivity index (χ0n) is 12.0. The number of hydrogen-bond acceptors (Lipinski definition) is 5. The molecule has 1 fully saturated rings. The molecule has 2 atom stereocenters. The summed E-state index contributed by atoms with van der Waals surface area (Å²) in [5, 5.41) is 0. The lowest BCUT2D eigenvalue weighted by molar-refractivity contribution is -0.153. The third-order valence-electron chi connectivity index (χ3n) is 3.40. The van der Waals surface area contributed by atoms with E-state index in [9.17, 15) is 9.59 Å². The summed E-state index contributed by atoms with van der Waals surface area (Å²) in [6, 6.07) is 0. The van der Waals surface area contributed by atoms with E-state index in [-0.39, 0.29) is 18.3 Å². The van der Waals surface area contributed by atoms with Gasteiger partial charge in [0.1, 0.15) is 19.5 Å². The van der Waals surface area contributed by atoms with Crippen molar-refractivity contribution in [1.29, 1.82) is 0 Å². The number of carbonyl (C=O) groups excluding carboxylic acids is 2. The molecule has 2 aliphatic rings. The summed E-state index contributed by atoms with van der Waals surface area (Å²) in [6.45, 7) is 6.18. The van der Waals surface area contributed by atoms with E-state index in [0.717, 1.165) is 19.5 Å². The Morgan fingerprint density at radius 1 is 1.30 bits per heavy atom. The van der Waals surface area contributed by atoms with E-state index in [4.69, 9.17) is 14.2 Å². The van der Waals surface area contributed by atoms with Gasteiger partial charge < -0.3 is 19.1 Å². The Balaban J connectivity index is 1.79. The molecule has 2 heterocycles. The second-order valence-electron chi connectivity index (χ2n) is 5.52. The van der Waals surface area contributed by atoms with Crippen LogP contribution in [0.1, 0.15) is 20.3 Å². The van der Waals surface area contributed by atoms with Crippen LogP contribution in [-0.2, 0) is 23.8 Å². The van der Waals surface area contributed by atoms with Crippen molar-refractivity contribution in [2.75, 3.05) is 32.9 Å². The maximum atomic E-state index is 12.0. The Morgan fingerprint density at radius 3 is 2.60 bits per heavy atom. The minimum absolute atomic E-state index is 0.0180. The second-order valence-corrected chi connectivity index (χ2v) is 5.52. The molecule has 20 heavy (non-hydrogen) atoms. The maximum absolute atomic E-state index is 12.0. The zero-order chi connectivity index (χ0) is 14.5. The molecule has 0 aromatic carbocycles. The van der Waals surface area contributed by atoms with Gasteiger partial charge in [-0.2, -0.15) is 0 Å². The predicted molar refractivity (Wildman–Crippen MR) is 70.5 cm³/mol. The van der Waals surface area contributed by atoms with Crippen LogP contribution >= 0.6 is 0 Å². The number of likely N-dealkylation sites (tertiary alicyclic amines) is 1. The summed E-state index contributed by atoms with van der Waals surface area (Å²) in [6.07, 6.45) is 2.35. The molecule has 6 heteroatoms. The SMILES string of the molecule is CC1CC(C)CN(C(=O)COC(=O)C2=COCCO2)C1. The van der Waals surface area contributed by atoms with E-state index in [1.54, 1.807) is 4.90 Å². The van der Waals surface area contributed by atoms with Crippen LogP contribution in [0.15, 0.2) is 12.0 Å². The smallest absolute Gasteiger partial charge is 0.377 e. The van der Waals surface area contributed by atoms with Crippen LogP contribution in [0, 0.1) is 11.8 Å². The van der Waals surface area contributed by atoms with E-state index in [1.165, 1.54) is 6.26 Å².